The van der Waals surface area contributed by atoms with E-state index in [1.54, 1.807) is 18.6 Å². The summed E-state index contributed by atoms with van der Waals surface area (Å²) < 4.78 is 7.75. The van der Waals surface area contributed by atoms with Crippen molar-refractivity contribution in [3.05, 3.63) is 419 Å². The van der Waals surface area contributed by atoms with E-state index in [4.69, 9.17) is 29.9 Å². The quantitative estimate of drug-likeness (QED) is 0.111. The standard InChI is InChI=1S/C39H25N3S.C37H23N3S.C34H23N3S/c1-2-7-26(8-3-1)27-12-16-29(17-13-27)35-24-36(31-20-21-38-34(23-31)33-10-4-5-11-37(33)43-38)42-39(41-35)30-18-14-28(15-19-30)32-9-6-22-40-25-32;1-2-10-29-25(7-1)8-5-12-30(29)34-22-33(27-18-19-36-32(21-27)31-11-3-4-13-35(31)41-36)39-37(40-34)26-16-14-24(15-17-26)28-9-6-20-38-23-28;1-22-7-2-3-9-27(22)31-20-30(25-16-17-33-29(19-25)28-10-4-5-11-32(28)38-33)36-34(37-31)24-14-12-23(13-15-24)26-8-6-18-35-21-26/h1-25H;1-23H;2-21H,1H3. The van der Waals surface area contributed by atoms with Crippen molar-refractivity contribution in [1.82, 2.24) is 44.9 Å². The number of rotatable bonds is 13. The van der Waals surface area contributed by atoms with Gasteiger partial charge in [-0.15, -0.1) is 34.0 Å². The summed E-state index contributed by atoms with van der Waals surface area (Å²) in [6.07, 6.45) is 11.0. The molecule has 0 aliphatic heterocycles. The summed E-state index contributed by atoms with van der Waals surface area (Å²) in [7, 11) is 0. The van der Waals surface area contributed by atoms with E-state index >= 15 is 0 Å². The first-order chi connectivity index (χ1) is 60.3. The summed E-state index contributed by atoms with van der Waals surface area (Å²) in [6, 6.07) is 132. The molecular formula is C110H71N9S3. The lowest BCUT2D eigenvalue weighted by molar-refractivity contribution is 1.18. The third-order valence-corrected chi connectivity index (χ3v) is 25.8. The highest BCUT2D eigenvalue weighted by atomic mass is 32.1. The lowest BCUT2D eigenvalue weighted by Gasteiger charge is -2.12. The zero-order chi connectivity index (χ0) is 81.2. The van der Waals surface area contributed by atoms with Gasteiger partial charge in [0.2, 0.25) is 0 Å². The Labute approximate surface area is 716 Å². The molecule has 0 N–H and O–H groups in total. The molecule has 122 heavy (non-hydrogen) atoms. The van der Waals surface area contributed by atoms with Crippen molar-refractivity contribution >= 4 is 105 Å². The molecule has 0 aliphatic rings. The number of aryl methyl sites for hydroxylation is 1. The number of fused-ring (bicyclic) bond motifs is 10. The van der Waals surface area contributed by atoms with E-state index in [-0.39, 0.29) is 0 Å². The van der Waals surface area contributed by atoms with Gasteiger partial charge in [-0.1, -0.05) is 285 Å². The first kappa shape index (κ1) is 74.3. The Morgan fingerprint density at radius 1 is 0.180 bits per heavy atom. The van der Waals surface area contributed by atoms with Gasteiger partial charge in [-0.25, -0.2) is 29.9 Å². The van der Waals surface area contributed by atoms with Crippen LogP contribution in [-0.4, -0.2) is 44.9 Å². The number of aromatic nitrogens is 9. The van der Waals surface area contributed by atoms with Gasteiger partial charge < -0.3 is 0 Å². The SMILES string of the molecule is Cc1ccccc1-c1cc(-c2ccc3sc4ccccc4c3c2)nc(-c2ccc(-c3cccnc3)cc2)n1.c1ccc(-c2ccc(-c3cc(-c4ccc5sc6ccccc6c5c4)nc(-c4ccc(-c5cccnc5)cc4)n3)cc2)cc1.c1cncc(-c2ccc(-c3nc(-c4ccc5sc6ccccc6c5c4)cc(-c4cccc5ccccc45)n3)cc2)c1. The molecule has 0 unspecified atom stereocenters. The van der Waals surface area contributed by atoms with Crippen LogP contribution < -0.4 is 0 Å². The van der Waals surface area contributed by atoms with Gasteiger partial charge in [0.25, 0.3) is 0 Å². The third kappa shape index (κ3) is 15.1. The van der Waals surface area contributed by atoms with E-state index in [0.29, 0.717) is 17.5 Å². The maximum Gasteiger partial charge on any atom is 0.160 e. The van der Waals surface area contributed by atoms with Gasteiger partial charge in [0.15, 0.2) is 17.5 Å². The highest BCUT2D eigenvalue weighted by molar-refractivity contribution is 7.26. The van der Waals surface area contributed by atoms with E-state index in [9.17, 15) is 0 Å². The van der Waals surface area contributed by atoms with E-state index in [2.05, 4.69) is 374 Å². The third-order valence-electron chi connectivity index (χ3n) is 22.4. The summed E-state index contributed by atoms with van der Waals surface area (Å²) in [6.45, 7) is 2.13. The average molecular weight is 1620 g/mol. The molecule has 0 amide bonds. The Morgan fingerprint density at radius 2 is 0.467 bits per heavy atom. The van der Waals surface area contributed by atoms with Gasteiger partial charge in [-0.3, -0.25) is 15.0 Å². The van der Waals surface area contributed by atoms with Crippen LogP contribution in [0.1, 0.15) is 5.56 Å². The van der Waals surface area contributed by atoms with Gasteiger partial charge in [0.1, 0.15) is 0 Å². The number of pyridine rings is 3. The summed E-state index contributed by atoms with van der Waals surface area (Å²) in [5, 5.41) is 10.00. The zero-order valence-electron chi connectivity index (χ0n) is 66.0. The topological polar surface area (TPSA) is 116 Å². The Hall–Kier alpha value is -15.3. The second-order valence-electron chi connectivity index (χ2n) is 30.1. The van der Waals surface area contributed by atoms with Gasteiger partial charge in [0.05, 0.1) is 34.2 Å². The molecule has 0 bridgehead atoms. The lowest BCUT2D eigenvalue weighted by atomic mass is 9.99. The Kier molecular flexibility index (Phi) is 20.0. The molecule has 23 rings (SSSR count). The first-order valence-electron chi connectivity index (χ1n) is 40.5. The summed E-state index contributed by atoms with van der Waals surface area (Å²) in [4.78, 5) is 43.4. The molecule has 574 valence electrons. The van der Waals surface area contributed by atoms with Gasteiger partial charge in [0, 0.05) is 148 Å². The van der Waals surface area contributed by atoms with Crippen LogP contribution >= 0.6 is 34.0 Å². The fourth-order valence-electron chi connectivity index (χ4n) is 16.1. The second-order valence-corrected chi connectivity index (χ2v) is 33.3. The number of nitrogens with zero attached hydrogens (tertiary/aromatic N) is 9. The largest absolute Gasteiger partial charge is 0.264 e. The minimum absolute atomic E-state index is 0.702. The molecule has 14 aromatic carbocycles. The molecule has 0 aliphatic carbocycles. The molecule has 9 aromatic heterocycles. The molecule has 9 nitrogen and oxygen atoms in total. The summed E-state index contributed by atoms with van der Waals surface area (Å²) in [5.41, 5.74) is 25.1. The van der Waals surface area contributed by atoms with Crippen LogP contribution in [0.15, 0.2) is 413 Å². The highest BCUT2D eigenvalue weighted by Gasteiger charge is 2.20. The van der Waals surface area contributed by atoms with Crippen LogP contribution in [0, 0.1) is 6.92 Å². The van der Waals surface area contributed by atoms with E-state index in [0.717, 1.165) is 118 Å². The molecule has 0 radical (unpaired) electrons. The van der Waals surface area contributed by atoms with E-state index < -0.39 is 0 Å². The van der Waals surface area contributed by atoms with Crippen LogP contribution in [0.25, 0.3) is 218 Å². The summed E-state index contributed by atoms with van der Waals surface area (Å²) >= 11 is 5.49. The normalized spacial score (nSPS) is 11.3. The predicted octanol–water partition coefficient (Wildman–Crippen LogP) is 29.9. The van der Waals surface area contributed by atoms with Crippen molar-refractivity contribution in [3.63, 3.8) is 0 Å². The minimum Gasteiger partial charge on any atom is -0.264 e. The minimum atomic E-state index is 0.702. The molecule has 0 saturated heterocycles. The number of hydrogen-bond acceptors (Lipinski definition) is 12. The fraction of sp³-hybridized carbons (Fsp3) is 0.00909. The molecule has 0 spiro atoms. The first-order valence-corrected chi connectivity index (χ1v) is 42.9. The number of benzene rings is 14. The van der Waals surface area contributed by atoms with E-state index in [1.807, 2.05) is 76.9 Å². The zero-order valence-corrected chi connectivity index (χ0v) is 68.5. The van der Waals surface area contributed by atoms with Crippen molar-refractivity contribution in [2.24, 2.45) is 0 Å². The molecule has 23 aromatic rings. The average Bonchev–Trinajstić information content (AvgIpc) is 1.58. The molecule has 9 heterocycles. The lowest BCUT2D eigenvalue weighted by Crippen LogP contribution is -1.97. The van der Waals surface area contributed by atoms with E-state index in [1.165, 1.54) is 88.0 Å². The summed E-state index contributed by atoms with van der Waals surface area (Å²) in [5.74, 6) is 2.12. The second kappa shape index (κ2) is 32.9. The maximum absolute atomic E-state index is 5.13. The number of thiophene rings is 3. The predicted molar refractivity (Wildman–Crippen MR) is 511 cm³/mol. The van der Waals surface area contributed by atoms with Gasteiger partial charge >= 0.3 is 0 Å². The van der Waals surface area contributed by atoms with Crippen molar-refractivity contribution in [2.75, 3.05) is 0 Å². The van der Waals surface area contributed by atoms with Gasteiger partial charge in [-0.05, 0) is 159 Å². The molecule has 0 atom stereocenters. The molecule has 0 fully saturated rings. The molecular weight excluding hydrogens is 1540 g/mol. The van der Waals surface area contributed by atoms with Gasteiger partial charge in [-0.2, -0.15) is 0 Å². The van der Waals surface area contributed by atoms with Crippen molar-refractivity contribution < 1.29 is 0 Å². The maximum atomic E-state index is 5.13. The van der Waals surface area contributed by atoms with Crippen molar-refractivity contribution in [2.45, 2.75) is 6.92 Å². The highest BCUT2D eigenvalue weighted by Crippen LogP contribution is 2.43. The van der Waals surface area contributed by atoms with Crippen molar-refractivity contribution in [3.8, 4) is 146 Å². The molecule has 0 saturated carbocycles. The van der Waals surface area contributed by atoms with Crippen LogP contribution in [0.2, 0.25) is 0 Å². The Morgan fingerprint density at radius 3 is 0.885 bits per heavy atom. The van der Waals surface area contributed by atoms with Crippen LogP contribution in [-0.2, 0) is 0 Å². The Balaban J connectivity index is 0.000000113. The number of hydrogen-bond donors (Lipinski definition) is 0. The Bertz CT molecular complexity index is 7690. The fourth-order valence-corrected chi connectivity index (χ4v) is 19.3. The van der Waals surface area contributed by atoms with Crippen LogP contribution in [0.5, 0.6) is 0 Å². The van der Waals surface area contributed by atoms with Crippen LogP contribution in [0.4, 0.5) is 0 Å². The van der Waals surface area contributed by atoms with Crippen molar-refractivity contribution in [1.29, 1.82) is 0 Å². The monoisotopic (exact) mass is 1610 g/mol. The molecule has 12 heteroatoms. The smallest absolute Gasteiger partial charge is 0.160 e. The van der Waals surface area contributed by atoms with Crippen LogP contribution in [0.3, 0.4) is 0 Å².